The van der Waals surface area contributed by atoms with Crippen molar-refractivity contribution in [2.75, 3.05) is 13.1 Å². The van der Waals surface area contributed by atoms with Gasteiger partial charge in [0.15, 0.2) is 0 Å². The van der Waals surface area contributed by atoms with Crippen LogP contribution < -0.4 is 5.32 Å². The Morgan fingerprint density at radius 1 is 1.04 bits per heavy atom. The predicted octanol–water partition coefficient (Wildman–Crippen LogP) is 2.40. The lowest BCUT2D eigenvalue weighted by Crippen LogP contribution is -2.41. The third-order valence-electron chi connectivity index (χ3n) is 3.76. The van der Waals surface area contributed by atoms with Gasteiger partial charge in [0, 0.05) is 24.2 Å². The molecule has 0 saturated carbocycles. The number of rotatable bonds is 8. The van der Waals surface area contributed by atoms with Crippen molar-refractivity contribution in [3.63, 3.8) is 0 Å². The number of amides is 2. The van der Waals surface area contributed by atoms with E-state index in [0.717, 1.165) is 0 Å². The molecule has 1 aromatic carbocycles. The van der Waals surface area contributed by atoms with Gasteiger partial charge in [0.05, 0.1) is 0 Å². The highest BCUT2D eigenvalue weighted by Crippen LogP contribution is 2.10. The summed E-state index contributed by atoms with van der Waals surface area (Å²) in [6, 6.07) is 5.34. The van der Waals surface area contributed by atoms with E-state index in [0.29, 0.717) is 30.6 Å². The van der Waals surface area contributed by atoms with Crippen LogP contribution in [0.2, 0.25) is 0 Å². The molecule has 6 nitrogen and oxygen atoms in total. The second kappa shape index (κ2) is 9.05. The number of nitrogens with zero attached hydrogens (tertiary/aromatic N) is 1. The Labute approximate surface area is 142 Å². The molecule has 0 fully saturated rings. The van der Waals surface area contributed by atoms with E-state index >= 15 is 0 Å². The molecular weight excluding hydrogens is 308 g/mol. The SMILES string of the molecule is CCN(CC)C(=O)c1ccc(C(=O)NC(CC(C)C)C(=O)O)cc1. The zero-order chi connectivity index (χ0) is 18.3. The standard InChI is InChI=1S/C18H26N2O4/c1-5-20(6-2)17(22)14-9-7-13(8-10-14)16(21)19-15(18(23)24)11-12(3)4/h7-10,12,15H,5-6,11H2,1-4H3,(H,19,21)(H,23,24). The second-order valence-corrected chi connectivity index (χ2v) is 6.05. The lowest BCUT2D eigenvalue weighted by atomic mass is 10.0. The number of hydrogen-bond acceptors (Lipinski definition) is 3. The quantitative estimate of drug-likeness (QED) is 0.764. The maximum absolute atomic E-state index is 12.2. The van der Waals surface area contributed by atoms with E-state index < -0.39 is 17.9 Å². The summed E-state index contributed by atoms with van der Waals surface area (Å²) in [5.41, 5.74) is 0.841. The fraction of sp³-hybridized carbons (Fsp3) is 0.500. The van der Waals surface area contributed by atoms with Crippen LogP contribution in [-0.2, 0) is 4.79 Å². The molecule has 0 heterocycles. The summed E-state index contributed by atoms with van der Waals surface area (Å²) < 4.78 is 0. The number of hydrogen-bond donors (Lipinski definition) is 2. The smallest absolute Gasteiger partial charge is 0.326 e. The highest BCUT2D eigenvalue weighted by molar-refractivity contribution is 5.99. The lowest BCUT2D eigenvalue weighted by Gasteiger charge is -2.19. The molecule has 0 aromatic heterocycles. The van der Waals surface area contributed by atoms with Crippen molar-refractivity contribution in [2.24, 2.45) is 5.92 Å². The normalized spacial score (nSPS) is 11.9. The van der Waals surface area contributed by atoms with Crippen LogP contribution in [0, 0.1) is 5.92 Å². The Morgan fingerprint density at radius 3 is 1.96 bits per heavy atom. The van der Waals surface area contributed by atoms with Crippen LogP contribution in [0.4, 0.5) is 0 Å². The van der Waals surface area contributed by atoms with Gasteiger partial charge in [0.1, 0.15) is 6.04 Å². The average molecular weight is 334 g/mol. The fourth-order valence-corrected chi connectivity index (χ4v) is 2.39. The summed E-state index contributed by atoms with van der Waals surface area (Å²) in [5, 5.41) is 11.7. The van der Waals surface area contributed by atoms with Crippen molar-refractivity contribution in [1.82, 2.24) is 10.2 Å². The number of benzene rings is 1. The van der Waals surface area contributed by atoms with Gasteiger partial charge < -0.3 is 15.3 Å². The van der Waals surface area contributed by atoms with E-state index in [1.165, 1.54) is 0 Å². The second-order valence-electron chi connectivity index (χ2n) is 6.05. The van der Waals surface area contributed by atoms with Crippen LogP contribution in [0.1, 0.15) is 54.8 Å². The lowest BCUT2D eigenvalue weighted by molar-refractivity contribution is -0.139. The molecule has 6 heteroatoms. The van der Waals surface area contributed by atoms with Gasteiger partial charge in [0.2, 0.25) is 0 Å². The minimum atomic E-state index is -1.05. The first-order chi connectivity index (χ1) is 11.3. The molecule has 2 N–H and O–H groups in total. The number of carbonyl (C=O) groups is 3. The molecule has 1 unspecified atom stereocenters. The van der Waals surface area contributed by atoms with Gasteiger partial charge in [-0.25, -0.2) is 4.79 Å². The molecule has 1 aromatic rings. The Balaban J connectivity index is 2.82. The Hall–Kier alpha value is -2.37. The summed E-state index contributed by atoms with van der Waals surface area (Å²) in [7, 11) is 0. The molecule has 2 amide bonds. The fourth-order valence-electron chi connectivity index (χ4n) is 2.39. The average Bonchev–Trinajstić information content (AvgIpc) is 2.54. The summed E-state index contributed by atoms with van der Waals surface area (Å²) in [5.74, 6) is -1.44. The summed E-state index contributed by atoms with van der Waals surface area (Å²) >= 11 is 0. The Bertz CT molecular complexity index is 577. The van der Waals surface area contributed by atoms with E-state index in [2.05, 4.69) is 5.32 Å². The molecule has 24 heavy (non-hydrogen) atoms. The highest BCUT2D eigenvalue weighted by atomic mass is 16.4. The van der Waals surface area contributed by atoms with E-state index in [9.17, 15) is 19.5 Å². The molecule has 1 rings (SSSR count). The topological polar surface area (TPSA) is 86.7 Å². The van der Waals surface area contributed by atoms with Crippen molar-refractivity contribution in [2.45, 2.75) is 40.2 Å². The number of aliphatic carboxylic acids is 1. The molecule has 0 spiro atoms. The predicted molar refractivity (Wildman–Crippen MR) is 92.0 cm³/mol. The van der Waals surface area contributed by atoms with Crippen molar-refractivity contribution in [3.05, 3.63) is 35.4 Å². The highest BCUT2D eigenvalue weighted by Gasteiger charge is 2.22. The van der Waals surface area contributed by atoms with Gasteiger partial charge in [-0.2, -0.15) is 0 Å². The van der Waals surface area contributed by atoms with Crippen molar-refractivity contribution >= 4 is 17.8 Å². The monoisotopic (exact) mass is 334 g/mol. The molecule has 0 bridgehead atoms. The van der Waals surface area contributed by atoms with E-state index in [-0.39, 0.29) is 11.8 Å². The first-order valence-electron chi connectivity index (χ1n) is 8.23. The minimum absolute atomic E-state index is 0.0878. The molecule has 0 saturated heterocycles. The number of carbonyl (C=O) groups excluding carboxylic acids is 2. The summed E-state index contributed by atoms with van der Waals surface area (Å²) in [6.45, 7) is 8.85. The third-order valence-corrected chi connectivity index (χ3v) is 3.76. The van der Waals surface area contributed by atoms with Gasteiger partial charge >= 0.3 is 5.97 Å². The van der Waals surface area contributed by atoms with E-state index in [1.807, 2.05) is 27.7 Å². The van der Waals surface area contributed by atoms with Gasteiger partial charge in [-0.3, -0.25) is 9.59 Å². The maximum Gasteiger partial charge on any atom is 0.326 e. The Morgan fingerprint density at radius 2 is 1.54 bits per heavy atom. The van der Waals surface area contributed by atoms with Crippen LogP contribution in [0.15, 0.2) is 24.3 Å². The number of carboxylic acid groups (broad SMARTS) is 1. The first-order valence-corrected chi connectivity index (χ1v) is 8.23. The molecule has 0 radical (unpaired) electrons. The largest absolute Gasteiger partial charge is 0.480 e. The van der Waals surface area contributed by atoms with E-state index in [1.54, 1.807) is 29.2 Å². The zero-order valence-corrected chi connectivity index (χ0v) is 14.7. The molecule has 1 atom stereocenters. The zero-order valence-electron chi connectivity index (χ0n) is 14.7. The number of nitrogens with one attached hydrogen (secondary N) is 1. The number of carboxylic acids is 1. The molecular formula is C18H26N2O4. The van der Waals surface area contributed by atoms with E-state index in [4.69, 9.17) is 0 Å². The summed E-state index contributed by atoms with van der Waals surface area (Å²) in [6.07, 6.45) is 0.361. The van der Waals surface area contributed by atoms with Crippen molar-refractivity contribution in [1.29, 1.82) is 0 Å². The molecule has 0 aliphatic rings. The van der Waals surface area contributed by atoms with Crippen LogP contribution >= 0.6 is 0 Å². The first kappa shape index (κ1) is 19.7. The van der Waals surface area contributed by atoms with Crippen LogP contribution in [0.3, 0.4) is 0 Å². The Kier molecular flexibility index (Phi) is 7.42. The van der Waals surface area contributed by atoms with Gasteiger partial charge in [-0.1, -0.05) is 13.8 Å². The van der Waals surface area contributed by atoms with Crippen molar-refractivity contribution < 1.29 is 19.5 Å². The van der Waals surface area contributed by atoms with Crippen molar-refractivity contribution in [3.8, 4) is 0 Å². The van der Waals surface area contributed by atoms with Crippen LogP contribution in [0.5, 0.6) is 0 Å². The molecule has 132 valence electrons. The van der Waals surface area contributed by atoms with Crippen LogP contribution in [0.25, 0.3) is 0 Å². The third kappa shape index (κ3) is 5.37. The van der Waals surface area contributed by atoms with Gasteiger partial charge in [-0.15, -0.1) is 0 Å². The molecule has 0 aliphatic carbocycles. The molecule has 0 aliphatic heterocycles. The van der Waals surface area contributed by atoms with Gasteiger partial charge in [-0.05, 0) is 50.5 Å². The minimum Gasteiger partial charge on any atom is -0.480 e. The maximum atomic E-state index is 12.2. The van der Waals surface area contributed by atoms with Gasteiger partial charge in [0.25, 0.3) is 11.8 Å². The van der Waals surface area contributed by atoms with Crippen LogP contribution in [-0.4, -0.2) is 46.9 Å². The summed E-state index contributed by atoms with van der Waals surface area (Å²) in [4.78, 5) is 37.3.